The van der Waals surface area contributed by atoms with Crippen molar-refractivity contribution in [3.63, 3.8) is 0 Å². The van der Waals surface area contributed by atoms with Crippen LogP contribution < -0.4 is 0 Å². The summed E-state index contributed by atoms with van der Waals surface area (Å²) >= 11 is 0. The van der Waals surface area contributed by atoms with Crippen molar-refractivity contribution in [3.05, 3.63) is 34.9 Å². The van der Waals surface area contributed by atoms with Gasteiger partial charge in [0, 0.05) is 44.2 Å². The van der Waals surface area contributed by atoms with Crippen LogP contribution in [0.5, 0.6) is 0 Å². The highest BCUT2D eigenvalue weighted by Crippen LogP contribution is 2.26. The van der Waals surface area contributed by atoms with Crippen LogP contribution >= 0.6 is 0 Å². The second-order valence-corrected chi connectivity index (χ2v) is 6.86. The monoisotopic (exact) mass is 357 g/mol. The second-order valence-electron chi connectivity index (χ2n) is 6.86. The van der Waals surface area contributed by atoms with E-state index < -0.39 is 0 Å². The summed E-state index contributed by atoms with van der Waals surface area (Å²) in [5, 5.41) is 0. The molecule has 4 amide bonds. The lowest BCUT2D eigenvalue weighted by molar-refractivity contribution is -0.132. The Morgan fingerprint density at radius 1 is 0.962 bits per heavy atom. The lowest BCUT2D eigenvalue weighted by atomic mass is 10.0. The van der Waals surface area contributed by atoms with Crippen molar-refractivity contribution in [1.29, 1.82) is 0 Å². The number of imide groups is 1. The van der Waals surface area contributed by atoms with Gasteiger partial charge in [-0.15, -0.1) is 0 Å². The molecule has 1 aromatic rings. The van der Waals surface area contributed by atoms with E-state index in [1.165, 1.54) is 11.0 Å². The van der Waals surface area contributed by atoms with E-state index >= 15 is 0 Å². The molecule has 3 rings (SSSR count). The average molecular weight is 357 g/mol. The highest BCUT2D eigenvalue weighted by atomic mass is 16.2. The first-order chi connectivity index (χ1) is 12.3. The minimum absolute atomic E-state index is 0.0903. The average Bonchev–Trinajstić information content (AvgIpc) is 2.90. The standard InChI is InChI=1S/C19H23N3O4/c1-4-16(23)20-7-9-21(10-8-20)17(24)13-5-6-14-15(11-13)19(26)22(12(2)3)18(14)25/h5-6,11-12H,4,7-10H2,1-3H3. The number of nitrogens with zero attached hydrogens (tertiary/aromatic N) is 3. The summed E-state index contributed by atoms with van der Waals surface area (Å²) in [5.74, 6) is -0.758. The molecule has 0 aromatic heterocycles. The zero-order chi connectivity index (χ0) is 19.0. The van der Waals surface area contributed by atoms with Crippen LogP contribution in [0.3, 0.4) is 0 Å². The van der Waals surface area contributed by atoms with Crippen molar-refractivity contribution < 1.29 is 19.2 Å². The number of hydrogen-bond acceptors (Lipinski definition) is 4. The molecular formula is C19H23N3O4. The molecule has 7 nitrogen and oxygen atoms in total. The molecule has 0 spiro atoms. The Hall–Kier alpha value is -2.70. The number of amides is 4. The van der Waals surface area contributed by atoms with E-state index in [1.807, 2.05) is 6.92 Å². The topological polar surface area (TPSA) is 78.0 Å². The Morgan fingerprint density at radius 3 is 2.12 bits per heavy atom. The van der Waals surface area contributed by atoms with Gasteiger partial charge in [-0.1, -0.05) is 6.92 Å². The Kier molecular flexibility index (Phi) is 4.80. The number of fused-ring (bicyclic) bond motifs is 1. The van der Waals surface area contributed by atoms with Crippen LogP contribution in [0.4, 0.5) is 0 Å². The minimum Gasteiger partial charge on any atom is -0.339 e. The summed E-state index contributed by atoms with van der Waals surface area (Å²) in [5.41, 5.74) is 1.03. The van der Waals surface area contributed by atoms with Gasteiger partial charge in [0.1, 0.15) is 0 Å². The molecule has 0 unspecified atom stereocenters. The van der Waals surface area contributed by atoms with Crippen LogP contribution in [-0.2, 0) is 4.79 Å². The minimum atomic E-state index is -0.354. The smallest absolute Gasteiger partial charge is 0.261 e. The third kappa shape index (κ3) is 2.98. The van der Waals surface area contributed by atoms with Crippen molar-refractivity contribution in [2.75, 3.05) is 26.2 Å². The summed E-state index contributed by atoms with van der Waals surface area (Å²) < 4.78 is 0. The van der Waals surface area contributed by atoms with Gasteiger partial charge in [0.2, 0.25) is 5.91 Å². The van der Waals surface area contributed by atoms with Gasteiger partial charge >= 0.3 is 0 Å². The fourth-order valence-electron chi connectivity index (χ4n) is 3.43. The Morgan fingerprint density at radius 2 is 1.54 bits per heavy atom. The van der Waals surface area contributed by atoms with Gasteiger partial charge in [-0.25, -0.2) is 0 Å². The number of benzene rings is 1. The quantitative estimate of drug-likeness (QED) is 0.766. The first-order valence-corrected chi connectivity index (χ1v) is 8.94. The van der Waals surface area contributed by atoms with Gasteiger partial charge in [-0.05, 0) is 32.0 Å². The lowest BCUT2D eigenvalue weighted by Crippen LogP contribution is -2.50. The Labute approximate surface area is 152 Å². The number of carbonyl (C=O) groups excluding carboxylic acids is 4. The summed E-state index contributed by atoms with van der Waals surface area (Å²) in [7, 11) is 0. The molecule has 1 aromatic carbocycles. The van der Waals surface area contributed by atoms with E-state index in [9.17, 15) is 19.2 Å². The van der Waals surface area contributed by atoms with E-state index in [4.69, 9.17) is 0 Å². The molecule has 0 saturated carbocycles. The molecule has 0 atom stereocenters. The second kappa shape index (κ2) is 6.90. The van der Waals surface area contributed by atoms with Crippen molar-refractivity contribution in [2.45, 2.75) is 33.2 Å². The normalized spacial score (nSPS) is 17.2. The van der Waals surface area contributed by atoms with Gasteiger partial charge in [0.25, 0.3) is 17.7 Å². The summed E-state index contributed by atoms with van der Waals surface area (Å²) in [6.45, 7) is 7.35. The Bertz CT molecular complexity index is 779. The summed E-state index contributed by atoms with van der Waals surface area (Å²) in [6.07, 6.45) is 0.460. The molecule has 1 fully saturated rings. The molecule has 138 valence electrons. The van der Waals surface area contributed by atoms with Crippen LogP contribution in [0.15, 0.2) is 18.2 Å². The maximum absolute atomic E-state index is 12.8. The summed E-state index contributed by atoms with van der Waals surface area (Å²) in [4.78, 5) is 54.0. The maximum atomic E-state index is 12.8. The fraction of sp³-hybridized carbons (Fsp3) is 0.474. The fourth-order valence-corrected chi connectivity index (χ4v) is 3.43. The van der Waals surface area contributed by atoms with Crippen LogP contribution in [0, 0.1) is 0 Å². The first-order valence-electron chi connectivity index (χ1n) is 8.94. The molecular weight excluding hydrogens is 334 g/mol. The number of rotatable bonds is 3. The number of carbonyl (C=O) groups is 4. The molecule has 2 heterocycles. The molecule has 7 heteroatoms. The van der Waals surface area contributed by atoms with Crippen LogP contribution in [0.1, 0.15) is 58.3 Å². The highest BCUT2D eigenvalue weighted by molar-refractivity contribution is 6.22. The zero-order valence-electron chi connectivity index (χ0n) is 15.3. The molecule has 0 bridgehead atoms. The SMILES string of the molecule is CCC(=O)N1CCN(C(=O)c2ccc3c(c2)C(=O)N(C(C)C)C3=O)CC1. The predicted octanol–water partition coefficient (Wildman–Crippen LogP) is 1.39. The van der Waals surface area contributed by atoms with Gasteiger partial charge in [-0.2, -0.15) is 0 Å². The van der Waals surface area contributed by atoms with E-state index in [1.54, 1.807) is 35.8 Å². The van der Waals surface area contributed by atoms with E-state index in [0.717, 1.165) is 0 Å². The Balaban J connectivity index is 1.76. The third-order valence-corrected chi connectivity index (χ3v) is 4.90. The van der Waals surface area contributed by atoms with Crippen LogP contribution in [0.2, 0.25) is 0 Å². The van der Waals surface area contributed by atoms with Crippen molar-refractivity contribution in [3.8, 4) is 0 Å². The van der Waals surface area contributed by atoms with Crippen LogP contribution in [0.25, 0.3) is 0 Å². The lowest BCUT2D eigenvalue weighted by Gasteiger charge is -2.34. The zero-order valence-corrected chi connectivity index (χ0v) is 15.3. The molecule has 0 N–H and O–H groups in total. The molecule has 26 heavy (non-hydrogen) atoms. The molecule has 2 aliphatic heterocycles. The summed E-state index contributed by atoms with van der Waals surface area (Å²) in [6, 6.07) is 4.44. The van der Waals surface area contributed by atoms with Crippen LogP contribution in [-0.4, -0.2) is 70.5 Å². The van der Waals surface area contributed by atoms with E-state index in [2.05, 4.69) is 0 Å². The molecule has 1 saturated heterocycles. The van der Waals surface area contributed by atoms with Crippen molar-refractivity contribution in [1.82, 2.24) is 14.7 Å². The largest absolute Gasteiger partial charge is 0.339 e. The van der Waals surface area contributed by atoms with E-state index in [0.29, 0.717) is 43.7 Å². The van der Waals surface area contributed by atoms with Gasteiger partial charge in [0.05, 0.1) is 11.1 Å². The molecule has 0 aliphatic carbocycles. The predicted molar refractivity (Wildman–Crippen MR) is 94.9 cm³/mol. The number of hydrogen-bond donors (Lipinski definition) is 0. The van der Waals surface area contributed by atoms with Crippen molar-refractivity contribution >= 4 is 23.6 Å². The maximum Gasteiger partial charge on any atom is 0.261 e. The third-order valence-electron chi connectivity index (χ3n) is 4.90. The highest BCUT2D eigenvalue weighted by Gasteiger charge is 2.37. The first kappa shape index (κ1) is 18.1. The van der Waals surface area contributed by atoms with Gasteiger partial charge in [0.15, 0.2) is 0 Å². The van der Waals surface area contributed by atoms with Gasteiger partial charge < -0.3 is 9.80 Å². The number of piperazine rings is 1. The van der Waals surface area contributed by atoms with Gasteiger partial charge in [-0.3, -0.25) is 24.1 Å². The molecule has 0 radical (unpaired) electrons. The molecule has 2 aliphatic rings. The van der Waals surface area contributed by atoms with E-state index in [-0.39, 0.29) is 35.2 Å². The van der Waals surface area contributed by atoms with Crippen molar-refractivity contribution in [2.24, 2.45) is 0 Å².